The Morgan fingerprint density at radius 3 is 2.91 bits per heavy atom. The number of morpholine rings is 1. The Labute approximate surface area is 132 Å². The van der Waals surface area contributed by atoms with Crippen molar-refractivity contribution in [2.75, 3.05) is 33.4 Å². The lowest BCUT2D eigenvalue weighted by atomic mass is 10.1. The monoisotopic (exact) mass is 320 g/mol. The Morgan fingerprint density at radius 1 is 1.41 bits per heavy atom. The zero-order valence-corrected chi connectivity index (χ0v) is 12.9. The van der Waals surface area contributed by atoms with Crippen LogP contribution >= 0.6 is 11.8 Å². The van der Waals surface area contributed by atoms with E-state index < -0.39 is 0 Å². The first-order valence-electron chi connectivity index (χ1n) is 6.90. The van der Waals surface area contributed by atoms with Gasteiger partial charge in [0.25, 0.3) is 5.91 Å². The number of aromatic hydroxyl groups is 1. The number of nitrogens with zero attached hydrogens (tertiary/aromatic N) is 2. The summed E-state index contributed by atoms with van der Waals surface area (Å²) in [7, 11) is 1.49. The third-order valence-corrected chi connectivity index (χ3v) is 4.47. The summed E-state index contributed by atoms with van der Waals surface area (Å²) >= 11 is 1.32. The lowest BCUT2D eigenvalue weighted by Gasteiger charge is -2.27. The van der Waals surface area contributed by atoms with Gasteiger partial charge in [0.15, 0.2) is 16.7 Å². The highest BCUT2D eigenvalue weighted by Crippen LogP contribution is 2.35. The zero-order valence-electron chi connectivity index (χ0n) is 12.1. The maximum Gasteiger partial charge on any atom is 0.286 e. The molecule has 0 spiro atoms. The highest BCUT2D eigenvalue weighted by atomic mass is 32.2. The molecule has 7 heteroatoms. The molecule has 0 unspecified atom stereocenters. The topological polar surface area (TPSA) is 71.4 Å². The Kier molecular flexibility index (Phi) is 4.35. The Hall–Kier alpha value is -1.99. The average Bonchev–Trinajstić information content (AvgIpc) is 2.91. The minimum atomic E-state index is -0.284. The van der Waals surface area contributed by atoms with Gasteiger partial charge < -0.3 is 19.5 Å². The SMILES string of the molecule is COc1cccc(C=C2SC(N3CCOCC3)=NC2=O)c1O. The number of ether oxygens (including phenoxy) is 2. The number of rotatable bonds is 2. The predicted octanol–water partition coefficient (Wildman–Crippen LogP) is 1.70. The van der Waals surface area contributed by atoms with Gasteiger partial charge in [-0.2, -0.15) is 4.99 Å². The fourth-order valence-electron chi connectivity index (χ4n) is 2.25. The molecule has 3 rings (SSSR count). The number of phenolic OH excluding ortho intramolecular Hbond substituents is 1. The molecule has 6 nitrogen and oxygen atoms in total. The van der Waals surface area contributed by atoms with E-state index in [1.807, 2.05) is 4.90 Å². The lowest BCUT2D eigenvalue weighted by molar-refractivity contribution is -0.113. The molecule has 1 aromatic rings. The van der Waals surface area contributed by atoms with Crippen LogP contribution in [0.1, 0.15) is 5.56 Å². The largest absolute Gasteiger partial charge is 0.504 e. The molecule has 116 valence electrons. The number of amidine groups is 1. The number of hydrogen-bond acceptors (Lipinski definition) is 6. The molecule has 0 radical (unpaired) electrons. The first kappa shape index (κ1) is 14.9. The van der Waals surface area contributed by atoms with Gasteiger partial charge in [-0.05, 0) is 23.9 Å². The van der Waals surface area contributed by atoms with E-state index in [9.17, 15) is 9.90 Å². The second kappa shape index (κ2) is 6.41. The van der Waals surface area contributed by atoms with E-state index in [1.165, 1.54) is 18.9 Å². The van der Waals surface area contributed by atoms with E-state index >= 15 is 0 Å². The summed E-state index contributed by atoms with van der Waals surface area (Å²) in [5.41, 5.74) is 0.536. The number of benzene rings is 1. The summed E-state index contributed by atoms with van der Waals surface area (Å²) in [6, 6.07) is 5.15. The van der Waals surface area contributed by atoms with Crippen LogP contribution in [0.2, 0.25) is 0 Å². The Morgan fingerprint density at radius 2 is 2.18 bits per heavy atom. The minimum Gasteiger partial charge on any atom is -0.504 e. The molecule has 0 bridgehead atoms. The maximum atomic E-state index is 12.1. The number of aliphatic imine (C=N–C) groups is 1. The fourth-order valence-corrected chi connectivity index (χ4v) is 3.21. The van der Waals surface area contributed by atoms with E-state index in [-0.39, 0.29) is 11.7 Å². The fraction of sp³-hybridized carbons (Fsp3) is 0.333. The van der Waals surface area contributed by atoms with Crippen LogP contribution in [-0.4, -0.2) is 54.5 Å². The van der Waals surface area contributed by atoms with Crippen molar-refractivity contribution in [1.82, 2.24) is 4.90 Å². The van der Waals surface area contributed by atoms with Crippen LogP contribution in [0.3, 0.4) is 0 Å². The highest BCUT2D eigenvalue weighted by Gasteiger charge is 2.27. The van der Waals surface area contributed by atoms with Crippen LogP contribution in [0.15, 0.2) is 28.1 Å². The van der Waals surface area contributed by atoms with Crippen LogP contribution in [-0.2, 0) is 9.53 Å². The molecule has 2 aliphatic heterocycles. The molecule has 22 heavy (non-hydrogen) atoms. The third-order valence-electron chi connectivity index (χ3n) is 3.43. The van der Waals surface area contributed by atoms with Gasteiger partial charge in [0.1, 0.15) is 0 Å². The predicted molar refractivity (Wildman–Crippen MR) is 85.1 cm³/mol. The second-order valence-electron chi connectivity index (χ2n) is 4.81. The van der Waals surface area contributed by atoms with Crippen LogP contribution < -0.4 is 4.74 Å². The summed E-state index contributed by atoms with van der Waals surface area (Å²) in [4.78, 5) is 18.7. The van der Waals surface area contributed by atoms with E-state index in [0.29, 0.717) is 34.6 Å². The Bertz CT molecular complexity index is 651. The molecular weight excluding hydrogens is 304 g/mol. The summed E-state index contributed by atoms with van der Waals surface area (Å²) in [6.07, 6.45) is 1.64. The first-order chi connectivity index (χ1) is 10.7. The molecule has 1 N–H and O–H groups in total. The van der Waals surface area contributed by atoms with Gasteiger partial charge in [-0.25, -0.2) is 0 Å². The van der Waals surface area contributed by atoms with Gasteiger partial charge in [-0.1, -0.05) is 12.1 Å². The van der Waals surface area contributed by atoms with E-state index in [2.05, 4.69) is 4.99 Å². The maximum absolute atomic E-state index is 12.1. The summed E-state index contributed by atoms with van der Waals surface area (Å²) < 4.78 is 10.4. The molecule has 0 atom stereocenters. The molecule has 2 heterocycles. The zero-order chi connectivity index (χ0) is 15.5. The minimum absolute atomic E-state index is 0.0192. The normalized spacial score (nSPS) is 20.4. The summed E-state index contributed by atoms with van der Waals surface area (Å²) in [6.45, 7) is 2.75. The van der Waals surface area contributed by atoms with E-state index in [1.54, 1.807) is 24.3 Å². The van der Waals surface area contributed by atoms with Gasteiger partial charge in [-0.3, -0.25) is 4.79 Å². The number of hydrogen-bond donors (Lipinski definition) is 1. The van der Waals surface area contributed by atoms with Crippen molar-refractivity contribution in [1.29, 1.82) is 0 Å². The smallest absolute Gasteiger partial charge is 0.286 e. The number of carbonyl (C=O) groups is 1. The number of para-hydroxylation sites is 1. The number of thioether (sulfide) groups is 1. The molecule has 0 saturated carbocycles. The van der Waals surface area contributed by atoms with Crippen LogP contribution in [0.5, 0.6) is 11.5 Å². The second-order valence-corrected chi connectivity index (χ2v) is 5.82. The van der Waals surface area contributed by atoms with Crippen molar-refractivity contribution in [3.8, 4) is 11.5 Å². The standard InChI is InChI=1S/C15H16N2O4S/c1-20-11-4-2-3-10(13(11)18)9-12-14(19)16-15(22-12)17-5-7-21-8-6-17/h2-4,9,18H,5-8H2,1H3. The quantitative estimate of drug-likeness (QED) is 0.837. The average molecular weight is 320 g/mol. The van der Waals surface area contributed by atoms with Crippen LogP contribution in [0.4, 0.5) is 0 Å². The molecular formula is C15H16N2O4S. The molecule has 1 aromatic carbocycles. The number of carbonyl (C=O) groups excluding carboxylic acids is 1. The number of methoxy groups -OCH3 is 1. The third kappa shape index (κ3) is 2.95. The molecule has 2 aliphatic rings. The molecule has 1 amide bonds. The van der Waals surface area contributed by atoms with Crippen molar-refractivity contribution in [2.45, 2.75) is 0 Å². The molecule has 0 aromatic heterocycles. The number of phenols is 1. The van der Waals surface area contributed by atoms with E-state index in [0.717, 1.165) is 13.1 Å². The van der Waals surface area contributed by atoms with Crippen molar-refractivity contribution < 1.29 is 19.4 Å². The number of amides is 1. The van der Waals surface area contributed by atoms with Gasteiger partial charge in [0, 0.05) is 18.7 Å². The van der Waals surface area contributed by atoms with Crippen LogP contribution in [0.25, 0.3) is 6.08 Å². The van der Waals surface area contributed by atoms with E-state index in [4.69, 9.17) is 9.47 Å². The first-order valence-corrected chi connectivity index (χ1v) is 7.72. The van der Waals surface area contributed by atoms with Crippen molar-refractivity contribution in [3.63, 3.8) is 0 Å². The summed E-state index contributed by atoms with van der Waals surface area (Å²) in [5, 5.41) is 10.8. The van der Waals surface area contributed by atoms with Crippen molar-refractivity contribution in [3.05, 3.63) is 28.7 Å². The Balaban J connectivity index is 1.81. The van der Waals surface area contributed by atoms with Crippen molar-refractivity contribution >= 4 is 28.9 Å². The highest BCUT2D eigenvalue weighted by molar-refractivity contribution is 8.18. The molecule has 1 saturated heterocycles. The lowest BCUT2D eigenvalue weighted by Crippen LogP contribution is -2.38. The van der Waals surface area contributed by atoms with Gasteiger partial charge >= 0.3 is 0 Å². The van der Waals surface area contributed by atoms with Gasteiger partial charge in [-0.15, -0.1) is 0 Å². The molecule has 0 aliphatic carbocycles. The van der Waals surface area contributed by atoms with Crippen LogP contribution in [0, 0.1) is 0 Å². The van der Waals surface area contributed by atoms with Gasteiger partial charge in [0.05, 0.1) is 25.2 Å². The molecule has 1 fully saturated rings. The van der Waals surface area contributed by atoms with Crippen molar-refractivity contribution in [2.24, 2.45) is 4.99 Å². The summed E-state index contributed by atoms with van der Waals surface area (Å²) in [5.74, 6) is 0.110. The van der Waals surface area contributed by atoms with Gasteiger partial charge in [0.2, 0.25) is 0 Å².